The summed E-state index contributed by atoms with van der Waals surface area (Å²) in [7, 11) is 1.75. The molecule has 2 heteroatoms. The summed E-state index contributed by atoms with van der Waals surface area (Å²) in [5.74, 6) is 0. The Morgan fingerprint density at radius 1 is 1.06 bits per heavy atom. The fourth-order valence-corrected chi connectivity index (χ4v) is 1.69. The largest absolute Gasteiger partial charge is 0.380 e. The van der Waals surface area contributed by atoms with Gasteiger partial charge < -0.3 is 10.1 Å². The van der Waals surface area contributed by atoms with Crippen LogP contribution in [0.3, 0.4) is 0 Å². The van der Waals surface area contributed by atoms with Gasteiger partial charge in [-0.1, -0.05) is 29.8 Å². The molecule has 2 unspecified atom stereocenters. The second kappa shape index (κ2) is 6.02. The third-order valence-electron chi connectivity index (χ3n) is 3.17. The Hall–Kier alpha value is -0.860. The predicted octanol–water partition coefficient (Wildman–Crippen LogP) is 3.07. The summed E-state index contributed by atoms with van der Waals surface area (Å²) < 4.78 is 5.31. The van der Waals surface area contributed by atoms with E-state index in [0.717, 1.165) is 0 Å². The Kier molecular flexibility index (Phi) is 4.97. The highest BCUT2D eigenvalue weighted by Crippen LogP contribution is 2.14. The first kappa shape index (κ1) is 13.2. The lowest BCUT2D eigenvalue weighted by Gasteiger charge is -2.24. The van der Waals surface area contributed by atoms with E-state index in [4.69, 9.17) is 4.74 Å². The normalized spacial score (nSPS) is 16.8. The molecule has 0 saturated heterocycles. The molecule has 0 spiro atoms. The molecule has 1 aromatic rings. The second-order valence-corrected chi connectivity index (χ2v) is 4.53. The number of rotatable bonds is 5. The van der Waals surface area contributed by atoms with Gasteiger partial charge in [0.15, 0.2) is 0 Å². The van der Waals surface area contributed by atoms with E-state index in [0.29, 0.717) is 12.1 Å². The van der Waals surface area contributed by atoms with E-state index in [-0.39, 0.29) is 6.10 Å². The van der Waals surface area contributed by atoms with E-state index >= 15 is 0 Å². The standard InChI is InChI=1S/C14H23NO/c1-10-6-8-14(9-7-10)12(3)15-11(2)13(4)16-5/h6-9,11-13,15H,1-5H3/t11?,12-,13?/m0/s1. The molecular formula is C14H23NO. The molecule has 16 heavy (non-hydrogen) atoms. The van der Waals surface area contributed by atoms with Gasteiger partial charge in [0, 0.05) is 19.2 Å². The third-order valence-corrected chi connectivity index (χ3v) is 3.17. The number of benzene rings is 1. The molecule has 2 nitrogen and oxygen atoms in total. The zero-order valence-corrected chi connectivity index (χ0v) is 10.9. The molecule has 0 radical (unpaired) electrons. The van der Waals surface area contributed by atoms with Crippen LogP contribution in [-0.4, -0.2) is 19.3 Å². The van der Waals surface area contributed by atoms with Crippen molar-refractivity contribution in [1.82, 2.24) is 5.32 Å². The lowest BCUT2D eigenvalue weighted by molar-refractivity contribution is 0.0852. The van der Waals surface area contributed by atoms with Crippen LogP contribution >= 0.6 is 0 Å². The van der Waals surface area contributed by atoms with Gasteiger partial charge in [0.05, 0.1) is 6.10 Å². The minimum absolute atomic E-state index is 0.230. The number of hydrogen-bond acceptors (Lipinski definition) is 2. The van der Waals surface area contributed by atoms with Crippen molar-refractivity contribution in [3.8, 4) is 0 Å². The molecule has 0 aliphatic carbocycles. The van der Waals surface area contributed by atoms with Crippen molar-refractivity contribution in [2.45, 2.75) is 45.9 Å². The van der Waals surface area contributed by atoms with E-state index in [9.17, 15) is 0 Å². The maximum Gasteiger partial charge on any atom is 0.0693 e. The molecular weight excluding hydrogens is 198 g/mol. The van der Waals surface area contributed by atoms with Crippen LogP contribution in [0.4, 0.5) is 0 Å². The van der Waals surface area contributed by atoms with Gasteiger partial charge in [0.1, 0.15) is 0 Å². The van der Waals surface area contributed by atoms with E-state index < -0.39 is 0 Å². The fourth-order valence-electron chi connectivity index (χ4n) is 1.69. The SMILES string of the molecule is COC(C)C(C)N[C@@H](C)c1ccc(C)cc1. The summed E-state index contributed by atoms with van der Waals surface area (Å²) in [6.45, 7) is 8.53. The lowest BCUT2D eigenvalue weighted by Crippen LogP contribution is -2.38. The number of aryl methyl sites for hydroxylation is 1. The molecule has 0 aliphatic heterocycles. The van der Waals surface area contributed by atoms with Crippen molar-refractivity contribution in [3.05, 3.63) is 35.4 Å². The Morgan fingerprint density at radius 3 is 2.12 bits per heavy atom. The minimum atomic E-state index is 0.230. The van der Waals surface area contributed by atoms with Gasteiger partial charge in [-0.05, 0) is 33.3 Å². The highest BCUT2D eigenvalue weighted by Gasteiger charge is 2.14. The van der Waals surface area contributed by atoms with Crippen LogP contribution in [0.5, 0.6) is 0 Å². The van der Waals surface area contributed by atoms with Gasteiger partial charge in [-0.3, -0.25) is 0 Å². The van der Waals surface area contributed by atoms with Gasteiger partial charge in [0.2, 0.25) is 0 Å². The van der Waals surface area contributed by atoms with Crippen molar-refractivity contribution in [2.24, 2.45) is 0 Å². The third kappa shape index (κ3) is 3.62. The predicted molar refractivity (Wildman–Crippen MR) is 68.7 cm³/mol. The van der Waals surface area contributed by atoms with Crippen molar-refractivity contribution in [2.75, 3.05) is 7.11 Å². The van der Waals surface area contributed by atoms with E-state index in [2.05, 4.69) is 57.3 Å². The summed E-state index contributed by atoms with van der Waals surface area (Å²) in [5.41, 5.74) is 2.62. The zero-order valence-electron chi connectivity index (χ0n) is 10.9. The van der Waals surface area contributed by atoms with Crippen LogP contribution in [0, 0.1) is 6.92 Å². The van der Waals surface area contributed by atoms with Gasteiger partial charge in [-0.25, -0.2) is 0 Å². The Bertz CT molecular complexity index is 307. The second-order valence-electron chi connectivity index (χ2n) is 4.53. The van der Waals surface area contributed by atoms with Crippen LogP contribution in [0.15, 0.2) is 24.3 Å². The first-order chi connectivity index (χ1) is 7.54. The van der Waals surface area contributed by atoms with Crippen molar-refractivity contribution in [1.29, 1.82) is 0 Å². The summed E-state index contributed by atoms with van der Waals surface area (Å²) in [5, 5.41) is 3.54. The molecule has 0 aromatic heterocycles. The summed E-state index contributed by atoms with van der Waals surface area (Å²) >= 11 is 0. The van der Waals surface area contributed by atoms with Gasteiger partial charge >= 0.3 is 0 Å². The van der Waals surface area contributed by atoms with E-state index in [1.165, 1.54) is 11.1 Å². The van der Waals surface area contributed by atoms with Gasteiger partial charge in [-0.2, -0.15) is 0 Å². The van der Waals surface area contributed by atoms with E-state index in [1.807, 2.05) is 0 Å². The lowest BCUT2D eigenvalue weighted by atomic mass is 10.0. The van der Waals surface area contributed by atoms with Crippen molar-refractivity contribution < 1.29 is 4.74 Å². The van der Waals surface area contributed by atoms with Crippen LogP contribution in [0.25, 0.3) is 0 Å². The van der Waals surface area contributed by atoms with Crippen molar-refractivity contribution >= 4 is 0 Å². The molecule has 0 amide bonds. The molecule has 0 bridgehead atoms. The topological polar surface area (TPSA) is 21.3 Å². The molecule has 1 N–H and O–H groups in total. The number of ether oxygens (including phenoxy) is 1. The molecule has 0 fully saturated rings. The first-order valence-corrected chi connectivity index (χ1v) is 5.90. The zero-order chi connectivity index (χ0) is 12.1. The molecule has 3 atom stereocenters. The van der Waals surface area contributed by atoms with E-state index in [1.54, 1.807) is 7.11 Å². The monoisotopic (exact) mass is 221 g/mol. The van der Waals surface area contributed by atoms with Crippen LogP contribution in [0.2, 0.25) is 0 Å². The van der Waals surface area contributed by atoms with Gasteiger partial charge in [0.25, 0.3) is 0 Å². The maximum absolute atomic E-state index is 5.31. The minimum Gasteiger partial charge on any atom is -0.380 e. The van der Waals surface area contributed by atoms with Gasteiger partial charge in [-0.15, -0.1) is 0 Å². The maximum atomic E-state index is 5.31. The number of hydrogen-bond donors (Lipinski definition) is 1. The number of nitrogens with one attached hydrogen (secondary N) is 1. The smallest absolute Gasteiger partial charge is 0.0693 e. The highest BCUT2D eigenvalue weighted by atomic mass is 16.5. The molecule has 0 heterocycles. The molecule has 0 saturated carbocycles. The fraction of sp³-hybridized carbons (Fsp3) is 0.571. The average Bonchev–Trinajstić information content (AvgIpc) is 2.28. The first-order valence-electron chi connectivity index (χ1n) is 5.90. The summed E-state index contributed by atoms with van der Waals surface area (Å²) in [6, 6.07) is 9.36. The van der Waals surface area contributed by atoms with Crippen LogP contribution < -0.4 is 5.32 Å². The van der Waals surface area contributed by atoms with Crippen LogP contribution in [-0.2, 0) is 4.74 Å². The average molecular weight is 221 g/mol. The Labute approximate surface area is 99.0 Å². The summed E-state index contributed by atoms with van der Waals surface area (Å²) in [6.07, 6.45) is 0.230. The molecule has 1 aromatic carbocycles. The summed E-state index contributed by atoms with van der Waals surface area (Å²) in [4.78, 5) is 0. The Morgan fingerprint density at radius 2 is 1.62 bits per heavy atom. The molecule has 0 aliphatic rings. The number of methoxy groups -OCH3 is 1. The highest BCUT2D eigenvalue weighted by molar-refractivity contribution is 5.23. The van der Waals surface area contributed by atoms with Crippen molar-refractivity contribution in [3.63, 3.8) is 0 Å². The van der Waals surface area contributed by atoms with Crippen LogP contribution in [0.1, 0.15) is 37.9 Å². The molecule has 1 rings (SSSR count). The quantitative estimate of drug-likeness (QED) is 0.825. The Balaban J connectivity index is 2.58. The molecule has 90 valence electrons.